The molecule has 0 aliphatic carbocycles. The molecule has 0 radical (unpaired) electrons. The Bertz CT molecular complexity index is 491. The fourth-order valence-corrected chi connectivity index (χ4v) is 3.02. The Morgan fingerprint density at radius 1 is 1.35 bits per heavy atom. The highest BCUT2D eigenvalue weighted by Gasteiger charge is 2.28. The molecule has 1 heterocycles. The monoisotopic (exact) mass is 314 g/mol. The second-order valence-electron chi connectivity index (χ2n) is 5.57. The first kappa shape index (κ1) is 15.6. The number of benzene rings is 1. The van der Waals surface area contributed by atoms with Crippen LogP contribution in [-0.2, 0) is 11.2 Å². The van der Waals surface area contributed by atoms with Crippen LogP contribution in [0.5, 0.6) is 0 Å². The highest BCUT2D eigenvalue weighted by atomic mass is 35.5. The molecule has 0 saturated carbocycles. The van der Waals surface area contributed by atoms with Crippen molar-refractivity contribution in [3.63, 3.8) is 0 Å². The van der Waals surface area contributed by atoms with Crippen molar-refractivity contribution < 1.29 is 4.79 Å². The summed E-state index contributed by atoms with van der Waals surface area (Å²) in [7, 11) is 4.08. The zero-order chi connectivity index (χ0) is 14.7. The summed E-state index contributed by atoms with van der Waals surface area (Å²) in [5.41, 5.74) is 0.917. The molecule has 1 unspecified atom stereocenters. The number of rotatable bonds is 4. The molecule has 1 aromatic carbocycles. The summed E-state index contributed by atoms with van der Waals surface area (Å²) >= 11 is 11.9. The van der Waals surface area contributed by atoms with Gasteiger partial charge in [0.2, 0.25) is 5.91 Å². The quantitative estimate of drug-likeness (QED) is 0.852. The number of hydrogen-bond acceptors (Lipinski definition) is 2. The van der Waals surface area contributed by atoms with Gasteiger partial charge in [0.05, 0.1) is 16.5 Å². The maximum Gasteiger partial charge on any atom is 0.227 e. The number of hydrogen-bond donors (Lipinski definition) is 0. The van der Waals surface area contributed by atoms with Gasteiger partial charge in [0.1, 0.15) is 0 Å². The van der Waals surface area contributed by atoms with E-state index in [0.29, 0.717) is 22.5 Å². The van der Waals surface area contributed by atoms with Crippen molar-refractivity contribution in [2.75, 3.05) is 27.2 Å². The average Bonchev–Trinajstić information content (AvgIpc) is 2.81. The molecule has 3 nitrogen and oxygen atoms in total. The van der Waals surface area contributed by atoms with E-state index in [9.17, 15) is 4.79 Å². The number of carbonyl (C=O) groups is 1. The maximum absolute atomic E-state index is 12.4. The summed E-state index contributed by atoms with van der Waals surface area (Å²) in [6.07, 6.45) is 2.57. The minimum Gasteiger partial charge on any atom is -0.338 e. The first-order chi connectivity index (χ1) is 9.47. The Morgan fingerprint density at radius 2 is 2.10 bits per heavy atom. The molecule has 1 aliphatic rings. The van der Waals surface area contributed by atoms with Crippen LogP contribution in [0.1, 0.15) is 18.4 Å². The number of likely N-dealkylation sites (N-methyl/N-ethyl adjacent to an activating group) is 1. The molecule has 1 aromatic rings. The van der Waals surface area contributed by atoms with E-state index in [1.165, 1.54) is 0 Å². The van der Waals surface area contributed by atoms with Gasteiger partial charge in [-0.05, 0) is 44.6 Å². The van der Waals surface area contributed by atoms with E-state index in [0.717, 1.165) is 31.5 Å². The molecular formula is C15H20Cl2N2O. The SMILES string of the molecule is CN(C)CC1CCCN1C(=O)Cc1ccc(Cl)c(Cl)c1. The van der Waals surface area contributed by atoms with E-state index in [1.807, 2.05) is 25.1 Å². The molecule has 20 heavy (non-hydrogen) atoms. The molecule has 5 heteroatoms. The van der Waals surface area contributed by atoms with E-state index in [-0.39, 0.29) is 5.91 Å². The zero-order valence-corrected chi connectivity index (χ0v) is 13.4. The van der Waals surface area contributed by atoms with Crippen molar-refractivity contribution in [3.05, 3.63) is 33.8 Å². The van der Waals surface area contributed by atoms with Gasteiger partial charge in [0.25, 0.3) is 0 Å². The summed E-state index contributed by atoms with van der Waals surface area (Å²) in [5, 5.41) is 1.03. The average molecular weight is 315 g/mol. The number of nitrogens with zero attached hydrogens (tertiary/aromatic N) is 2. The van der Waals surface area contributed by atoms with E-state index in [2.05, 4.69) is 4.90 Å². The van der Waals surface area contributed by atoms with Gasteiger partial charge >= 0.3 is 0 Å². The first-order valence-electron chi connectivity index (χ1n) is 6.85. The van der Waals surface area contributed by atoms with E-state index in [1.54, 1.807) is 12.1 Å². The maximum atomic E-state index is 12.4. The Labute approximate surface area is 130 Å². The number of halogens is 2. The third-order valence-corrected chi connectivity index (χ3v) is 4.35. The van der Waals surface area contributed by atoms with Crippen LogP contribution in [0.3, 0.4) is 0 Å². The third-order valence-electron chi connectivity index (χ3n) is 3.61. The van der Waals surface area contributed by atoms with Gasteiger partial charge in [-0.25, -0.2) is 0 Å². The van der Waals surface area contributed by atoms with Crippen LogP contribution in [0, 0.1) is 0 Å². The van der Waals surface area contributed by atoms with Gasteiger partial charge in [-0.15, -0.1) is 0 Å². The van der Waals surface area contributed by atoms with Gasteiger partial charge in [0.15, 0.2) is 0 Å². The topological polar surface area (TPSA) is 23.6 Å². The van der Waals surface area contributed by atoms with Crippen molar-refractivity contribution >= 4 is 29.1 Å². The Kier molecular flexibility index (Phi) is 5.30. The minimum atomic E-state index is 0.174. The first-order valence-corrected chi connectivity index (χ1v) is 7.61. The van der Waals surface area contributed by atoms with Crippen LogP contribution >= 0.6 is 23.2 Å². The standard InChI is InChI=1S/C15H20Cl2N2O/c1-18(2)10-12-4-3-7-19(12)15(20)9-11-5-6-13(16)14(17)8-11/h5-6,8,12H,3-4,7,9-10H2,1-2H3. The van der Waals surface area contributed by atoms with Crippen molar-refractivity contribution in [1.29, 1.82) is 0 Å². The molecule has 0 N–H and O–H groups in total. The van der Waals surface area contributed by atoms with Crippen molar-refractivity contribution in [3.8, 4) is 0 Å². The molecule has 1 amide bonds. The van der Waals surface area contributed by atoms with Crippen LogP contribution in [0.25, 0.3) is 0 Å². The number of carbonyl (C=O) groups excluding carboxylic acids is 1. The molecule has 1 atom stereocenters. The van der Waals surface area contributed by atoms with Gasteiger partial charge in [-0.3, -0.25) is 4.79 Å². The number of amides is 1. The summed E-state index contributed by atoms with van der Waals surface area (Å²) in [5.74, 6) is 0.174. The zero-order valence-electron chi connectivity index (χ0n) is 11.9. The van der Waals surface area contributed by atoms with Gasteiger partial charge in [0, 0.05) is 19.1 Å². The van der Waals surface area contributed by atoms with Crippen molar-refractivity contribution in [2.45, 2.75) is 25.3 Å². The van der Waals surface area contributed by atoms with Crippen molar-refractivity contribution in [1.82, 2.24) is 9.80 Å². The largest absolute Gasteiger partial charge is 0.338 e. The smallest absolute Gasteiger partial charge is 0.227 e. The van der Waals surface area contributed by atoms with Crippen LogP contribution in [0.15, 0.2) is 18.2 Å². The highest BCUT2D eigenvalue weighted by Crippen LogP contribution is 2.24. The van der Waals surface area contributed by atoms with Gasteiger partial charge in [-0.2, -0.15) is 0 Å². The molecule has 1 aliphatic heterocycles. The van der Waals surface area contributed by atoms with E-state index >= 15 is 0 Å². The third kappa shape index (κ3) is 3.87. The molecule has 1 fully saturated rings. The molecule has 0 spiro atoms. The van der Waals surface area contributed by atoms with E-state index in [4.69, 9.17) is 23.2 Å². The predicted octanol–water partition coefficient (Wildman–Crippen LogP) is 3.09. The molecule has 110 valence electrons. The fraction of sp³-hybridized carbons (Fsp3) is 0.533. The second-order valence-corrected chi connectivity index (χ2v) is 6.39. The Hall–Kier alpha value is -0.770. The number of likely N-dealkylation sites (tertiary alicyclic amines) is 1. The lowest BCUT2D eigenvalue weighted by Gasteiger charge is -2.27. The Balaban J connectivity index is 2.01. The van der Waals surface area contributed by atoms with Crippen LogP contribution in [-0.4, -0.2) is 48.9 Å². The predicted molar refractivity (Wildman–Crippen MR) is 83.5 cm³/mol. The van der Waals surface area contributed by atoms with Crippen LogP contribution in [0.2, 0.25) is 10.0 Å². The molecule has 0 bridgehead atoms. The van der Waals surface area contributed by atoms with Crippen molar-refractivity contribution in [2.24, 2.45) is 0 Å². The van der Waals surface area contributed by atoms with Crippen LogP contribution in [0.4, 0.5) is 0 Å². The molecular weight excluding hydrogens is 295 g/mol. The Morgan fingerprint density at radius 3 is 2.75 bits per heavy atom. The lowest BCUT2D eigenvalue weighted by molar-refractivity contribution is -0.131. The summed E-state index contributed by atoms with van der Waals surface area (Å²) < 4.78 is 0. The summed E-state index contributed by atoms with van der Waals surface area (Å²) in [6.45, 7) is 1.78. The molecule has 1 saturated heterocycles. The van der Waals surface area contributed by atoms with Gasteiger partial charge in [-0.1, -0.05) is 29.3 Å². The molecule has 2 rings (SSSR count). The molecule has 0 aromatic heterocycles. The lowest BCUT2D eigenvalue weighted by Crippen LogP contribution is -2.42. The normalized spacial score (nSPS) is 18.9. The minimum absolute atomic E-state index is 0.174. The highest BCUT2D eigenvalue weighted by molar-refractivity contribution is 6.42. The fourth-order valence-electron chi connectivity index (χ4n) is 2.70. The van der Waals surface area contributed by atoms with E-state index < -0.39 is 0 Å². The lowest BCUT2D eigenvalue weighted by atomic mass is 10.1. The summed E-state index contributed by atoms with van der Waals surface area (Å²) in [6, 6.07) is 5.72. The second kappa shape index (κ2) is 6.79. The van der Waals surface area contributed by atoms with Crippen LogP contribution < -0.4 is 0 Å². The summed E-state index contributed by atoms with van der Waals surface area (Å²) in [4.78, 5) is 16.6. The van der Waals surface area contributed by atoms with Gasteiger partial charge < -0.3 is 9.80 Å².